The Labute approximate surface area is 128 Å². The molecule has 0 unspecified atom stereocenters. The maximum absolute atomic E-state index is 11.9. The third-order valence-corrected chi connectivity index (χ3v) is 3.86. The zero-order chi connectivity index (χ0) is 16.2. The zero-order valence-electron chi connectivity index (χ0n) is 11.9. The van der Waals surface area contributed by atoms with Crippen LogP contribution < -0.4 is 15.2 Å². The number of hydrogen-bond donors (Lipinski definition) is 2. The average molecular weight is 324 g/mol. The Bertz CT molecular complexity index is 754. The molecular formula is C14H16N2O5S. The average Bonchev–Trinajstić information content (AvgIpc) is 2.97. The van der Waals surface area contributed by atoms with E-state index in [9.17, 15) is 13.2 Å². The van der Waals surface area contributed by atoms with E-state index in [1.165, 1.54) is 31.6 Å². The number of sulfonamides is 1. The summed E-state index contributed by atoms with van der Waals surface area (Å²) in [5.74, 6) is 0.563. The van der Waals surface area contributed by atoms with Crippen molar-refractivity contribution < 1.29 is 22.4 Å². The van der Waals surface area contributed by atoms with Crippen LogP contribution >= 0.6 is 0 Å². The summed E-state index contributed by atoms with van der Waals surface area (Å²) in [4.78, 5) is 11.7. The number of ether oxygens (including phenoxy) is 1. The van der Waals surface area contributed by atoms with Crippen LogP contribution in [0.3, 0.4) is 0 Å². The van der Waals surface area contributed by atoms with E-state index < -0.39 is 10.0 Å². The molecule has 0 bridgehead atoms. The first kappa shape index (κ1) is 16.1. The summed E-state index contributed by atoms with van der Waals surface area (Å²) in [5, 5.41) is 7.73. The van der Waals surface area contributed by atoms with E-state index in [0.717, 1.165) is 0 Å². The highest BCUT2D eigenvalue weighted by Gasteiger charge is 2.16. The Hall–Kier alpha value is -2.32. The Morgan fingerprint density at radius 2 is 2.14 bits per heavy atom. The first-order valence-corrected chi connectivity index (χ1v) is 7.98. The van der Waals surface area contributed by atoms with Gasteiger partial charge in [0.2, 0.25) is 15.9 Å². The van der Waals surface area contributed by atoms with Crippen LogP contribution in [0.5, 0.6) is 5.75 Å². The number of amides is 1. The Balaban J connectivity index is 2.08. The highest BCUT2D eigenvalue weighted by Crippen LogP contribution is 2.26. The van der Waals surface area contributed by atoms with Crippen LogP contribution in [0.15, 0.2) is 45.9 Å². The van der Waals surface area contributed by atoms with Crippen LogP contribution in [-0.4, -0.2) is 21.4 Å². The number of carbonyl (C=O) groups excluding carboxylic acids is 1. The molecule has 1 heterocycles. The summed E-state index contributed by atoms with van der Waals surface area (Å²) in [7, 11) is -2.60. The van der Waals surface area contributed by atoms with Crippen molar-refractivity contribution in [3.05, 3.63) is 42.4 Å². The van der Waals surface area contributed by atoms with E-state index in [4.69, 9.17) is 14.3 Å². The van der Waals surface area contributed by atoms with Crippen LogP contribution in [0.4, 0.5) is 5.69 Å². The second-order valence-electron chi connectivity index (χ2n) is 4.54. The van der Waals surface area contributed by atoms with Gasteiger partial charge < -0.3 is 14.5 Å². The number of anilines is 1. The van der Waals surface area contributed by atoms with Crippen molar-refractivity contribution in [2.75, 3.05) is 12.4 Å². The third-order valence-electron chi connectivity index (χ3n) is 2.93. The van der Waals surface area contributed by atoms with Gasteiger partial charge in [-0.1, -0.05) is 0 Å². The number of methoxy groups -OCH3 is 1. The lowest BCUT2D eigenvalue weighted by Gasteiger charge is -2.10. The van der Waals surface area contributed by atoms with Gasteiger partial charge in [-0.05, 0) is 30.3 Å². The molecule has 0 atom stereocenters. The first-order chi connectivity index (χ1) is 10.4. The fraction of sp³-hybridized carbons (Fsp3) is 0.214. The van der Waals surface area contributed by atoms with E-state index in [1.54, 1.807) is 12.1 Å². The summed E-state index contributed by atoms with van der Waals surface area (Å²) in [6, 6.07) is 7.76. The van der Waals surface area contributed by atoms with Crippen molar-refractivity contribution in [3.63, 3.8) is 0 Å². The molecule has 0 radical (unpaired) electrons. The number of nitrogens with one attached hydrogen (secondary N) is 1. The zero-order valence-corrected chi connectivity index (χ0v) is 12.7. The second kappa shape index (κ2) is 6.63. The number of nitrogens with two attached hydrogens (primary N) is 1. The number of aryl methyl sites for hydroxylation is 1. The molecule has 22 heavy (non-hydrogen) atoms. The van der Waals surface area contributed by atoms with Crippen LogP contribution in [-0.2, 0) is 21.2 Å². The monoisotopic (exact) mass is 324 g/mol. The summed E-state index contributed by atoms with van der Waals surface area (Å²) >= 11 is 0. The number of hydrogen-bond acceptors (Lipinski definition) is 5. The summed E-state index contributed by atoms with van der Waals surface area (Å²) in [6.45, 7) is 0. The minimum atomic E-state index is -3.94. The van der Waals surface area contributed by atoms with Gasteiger partial charge >= 0.3 is 0 Å². The van der Waals surface area contributed by atoms with Gasteiger partial charge in [0.25, 0.3) is 0 Å². The standard InChI is InChI=1S/C14H16N2O5S/c1-20-12-6-4-10(9-13(12)22(15,18)19)16-14(17)7-5-11-3-2-8-21-11/h2-4,6,8-9H,5,7H2,1H3,(H,16,17)(H2,15,18,19). The highest BCUT2D eigenvalue weighted by molar-refractivity contribution is 7.89. The maximum Gasteiger partial charge on any atom is 0.241 e. The van der Waals surface area contributed by atoms with Crippen molar-refractivity contribution in [3.8, 4) is 5.75 Å². The van der Waals surface area contributed by atoms with Crippen molar-refractivity contribution in [2.24, 2.45) is 5.14 Å². The molecule has 2 rings (SSSR count). The molecular weight excluding hydrogens is 308 g/mol. The van der Waals surface area contributed by atoms with Crippen molar-refractivity contribution >= 4 is 21.6 Å². The van der Waals surface area contributed by atoms with Gasteiger partial charge in [-0.2, -0.15) is 0 Å². The molecule has 3 N–H and O–H groups in total. The van der Waals surface area contributed by atoms with Crippen LogP contribution in [0.2, 0.25) is 0 Å². The van der Waals surface area contributed by atoms with Gasteiger partial charge in [0.1, 0.15) is 16.4 Å². The molecule has 8 heteroatoms. The number of primary sulfonamides is 1. The molecule has 0 spiro atoms. The fourth-order valence-corrected chi connectivity index (χ4v) is 2.61. The third kappa shape index (κ3) is 4.09. The minimum absolute atomic E-state index is 0.121. The van der Waals surface area contributed by atoms with Crippen LogP contribution in [0.25, 0.3) is 0 Å². The van der Waals surface area contributed by atoms with Gasteiger partial charge in [-0.25, -0.2) is 13.6 Å². The lowest BCUT2D eigenvalue weighted by molar-refractivity contribution is -0.116. The molecule has 1 aromatic carbocycles. The number of carbonyl (C=O) groups is 1. The largest absolute Gasteiger partial charge is 0.495 e. The van der Waals surface area contributed by atoms with Gasteiger partial charge in [-0.3, -0.25) is 4.79 Å². The Morgan fingerprint density at radius 1 is 1.36 bits per heavy atom. The molecule has 0 aliphatic heterocycles. The summed E-state index contributed by atoms with van der Waals surface area (Å²) in [6.07, 6.45) is 2.20. The Kier molecular flexibility index (Phi) is 4.84. The molecule has 1 aromatic heterocycles. The van der Waals surface area contributed by atoms with E-state index in [-0.39, 0.29) is 23.0 Å². The Morgan fingerprint density at radius 3 is 2.73 bits per heavy atom. The van der Waals surface area contributed by atoms with Gasteiger partial charge in [0.15, 0.2) is 0 Å². The van der Waals surface area contributed by atoms with E-state index in [0.29, 0.717) is 17.9 Å². The number of furan rings is 1. The molecule has 0 aliphatic rings. The van der Waals surface area contributed by atoms with Gasteiger partial charge in [0.05, 0.1) is 13.4 Å². The normalized spacial score (nSPS) is 11.2. The summed E-state index contributed by atoms with van der Waals surface area (Å²) in [5.41, 5.74) is 0.328. The van der Waals surface area contributed by atoms with Crippen molar-refractivity contribution in [1.29, 1.82) is 0 Å². The molecule has 0 saturated carbocycles. The molecule has 2 aromatic rings. The van der Waals surface area contributed by atoms with E-state index >= 15 is 0 Å². The van der Waals surface area contributed by atoms with Gasteiger partial charge in [-0.15, -0.1) is 0 Å². The molecule has 118 valence electrons. The maximum atomic E-state index is 11.9. The number of benzene rings is 1. The topological polar surface area (TPSA) is 112 Å². The predicted octanol–water partition coefficient (Wildman–Crippen LogP) is 1.51. The van der Waals surface area contributed by atoms with E-state index in [1.807, 2.05) is 0 Å². The first-order valence-electron chi connectivity index (χ1n) is 6.43. The highest BCUT2D eigenvalue weighted by atomic mass is 32.2. The molecule has 0 fully saturated rings. The predicted molar refractivity (Wildman–Crippen MR) is 80.0 cm³/mol. The smallest absolute Gasteiger partial charge is 0.241 e. The molecule has 0 aliphatic carbocycles. The quantitative estimate of drug-likeness (QED) is 0.836. The lowest BCUT2D eigenvalue weighted by atomic mass is 10.2. The minimum Gasteiger partial charge on any atom is -0.495 e. The van der Waals surface area contributed by atoms with E-state index in [2.05, 4.69) is 5.32 Å². The van der Waals surface area contributed by atoms with Crippen LogP contribution in [0.1, 0.15) is 12.2 Å². The van der Waals surface area contributed by atoms with Crippen molar-refractivity contribution in [1.82, 2.24) is 0 Å². The van der Waals surface area contributed by atoms with Crippen molar-refractivity contribution in [2.45, 2.75) is 17.7 Å². The summed E-state index contributed by atoms with van der Waals surface area (Å²) < 4.78 is 33.1. The number of rotatable bonds is 6. The van der Waals surface area contributed by atoms with Gasteiger partial charge in [0, 0.05) is 18.5 Å². The lowest BCUT2D eigenvalue weighted by Crippen LogP contribution is -2.16. The molecule has 1 amide bonds. The SMILES string of the molecule is COc1ccc(NC(=O)CCc2ccco2)cc1S(N)(=O)=O. The molecule has 0 saturated heterocycles. The second-order valence-corrected chi connectivity index (χ2v) is 6.07. The molecule has 7 nitrogen and oxygen atoms in total. The van der Waals surface area contributed by atoms with Crippen LogP contribution in [0, 0.1) is 0 Å². The fourth-order valence-electron chi connectivity index (χ4n) is 1.89.